The quantitative estimate of drug-likeness (QED) is 0.692. The second-order valence-corrected chi connectivity index (χ2v) is 6.32. The van der Waals surface area contributed by atoms with Crippen LogP contribution in [0.25, 0.3) is 0 Å². The van der Waals surface area contributed by atoms with Crippen LogP contribution >= 0.6 is 0 Å². The Morgan fingerprint density at radius 2 is 0.714 bits per heavy atom. The number of rotatable bonds is 6. The van der Waals surface area contributed by atoms with Gasteiger partial charge < -0.3 is 14.7 Å². The molecule has 28 heavy (non-hydrogen) atoms. The maximum absolute atomic E-state index is 4.70. The molecule has 10 nitrogen and oxygen atoms in total. The van der Waals surface area contributed by atoms with Gasteiger partial charge in [-0.3, -0.25) is 0 Å². The van der Waals surface area contributed by atoms with Gasteiger partial charge in [0.15, 0.2) is 0 Å². The number of guanidine groups is 6. The van der Waals surface area contributed by atoms with Crippen molar-refractivity contribution in [2.45, 2.75) is 41.5 Å². The smallest absolute Gasteiger partial charge is 0.246 e. The van der Waals surface area contributed by atoms with Crippen LogP contribution in [0.2, 0.25) is 0 Å². The van der Waals surface area contributed by atoms with E-state index < -0.39 is 0 Å². The maximum atomic E-state index is 4.70. The third kappa shape index (κ3) is 3.50. The van der Waals surface area contributed by atoms with Gasteiger partial charge in [-0.25, -0.2) is 4.90 Å². The molecular formula is C18H30N10. The molecule has 0 amide bonds. The second-order valence-electron chi connectivity index (χ2n) is 6.32. The average molecular weight is 387 g/mol. The summed E-state index contributed by atoms with van der Waals surface area (Å²) in [7, 11) is 0. The molecule has 0 N–H and O–H groups in total. The monoisotopic (exact) mass is 386 g/mol. The van der Waals surface area contributed by atoms with Gasteiger partial charge in [0, 0.05) is 39.3 Å². The molecule has 152 valence electrons. The molecule has 0 aromatic carbocycles. The topological polar surface area (TPSA) is 87.1 Å². The molecule has 0 atom stereocenters. The summed E-state index contributed by atoms with van der Waals surface area (Å²) in [5, 5.41) is 0. The predicted molar refractivity (Wildman–Crippen MR) is 115 cm³/mol. The van der Waals surface area contributed by atoms with Crippen LogP contribution in [0.15, 0.2) is 30.0 Å². The van der Waals surface area contributed by atoms with Crippen molar-refractivity contribution < 1.29 is 0 Å². The molecule has 3 aliphatic heterocycles. The van der Waals surface area contributed by atoms with Gasteiger partial charge in [0.2, 0.25) is 35.8 Å². The van der Waals surface area contributed by atoms with Gasteiger partial charge in [-0.05, 0) is 41.5 Å². The van der Waals surface area contributed by atoms with Crippen LogP contribution in [0.3, 0.4) is 0 Å². The summed E-state index contributed by atoms with van der Waals surface area (Å²) in [5.41, 5.74) is 0. The van der Waals surface area contributed by atoms with E-state index in [4.69, 9.17) is 30.0 Å². The SMILES string of the molecule is CCN(CC)C1=NC2=NC(N(CC)CC)=NC3=NC(N(CC)CC)=NC(=N1)N23. The van der Waals surface area contributed by atoms with Crippen LogP contribution in [0, 0.1) is 0 Å². The Labute approximate surface area is 166 Å². The minimum absolute atomic E-state index is 0.518. The molecule has 0 saturated heterocycles. The molecule has 0 bridgehead atoms. The van der Waals surface area contributed by atoms with Crippen LogP contribution in [-0.2, 0) is 0 Å². The summed E-state index contributed by atoms with van der Waals surface area (Å²) in [6.07, 6.45) is 0. The lowest BCUT2D eigenvalue weighted by Crippen LogP contribution is -2.52. The highest BCUT2D eigenvalue weighted by atomic mass is 15.6. The predicted octanol–water partition coefficient (Wildman–Crippen LogP) is 1.49. The van der Waals surface area contributed by atoms with Crippen molar-refractivity contribution in [3.8, 4) is 0 Å². The van der Waals surface area contributed by atoms with E-state index in [0.717, 1.165) is 39.3 Å². The van der Waals surface area contributed by atoms with Crippen LogP contribution in [0.5, 0.6) is 0 Å². The van der Waals surface area contributed by atoms with Crippen LogP contribution in [0.4, 0.5) is 0 Å². The van der Waals surface area contributed by atoms with Gasteiger partial charge in [0.05, 0.1) is 0 Å². The van der Waals surface area contributed by atoms with Gasteiger partial charge in [0.25, 0.3) is 0 Å². The first-order chi connectivity index (χ1) is 13.6. The summed E-state index contributed by atoms with van der Waals surface area (Å²) in [5.74, 6) is 3.43. The van der Waals surface area contributed by atoms with Crippen LogP contribution in [-0.4, -0.2) is 94.6 Å². The highest BCUT2D eigenvalue weighted by molar-refractivity contribution is 6.29. The Morgan fingerprint density at radius 3 is 0.929 bits per heavy atom. The zero-order chi connectivity index (χ0) is 20.3. The lowest BCUT2D eigenvalue weighted by atomic mass is 10.4. The van der Waals surface area contributed by atoms with Crippen molar-refractivity contribution in [2.24, 2.45) is 30.0 Å². The molecule has 0 aromatic rings. The molecule has 0 spiro atoms. The summed E-state index contributed by atoms with van der Waals surface area (Å²) in [4.78, 5) is 36.2. The van der Waals surface area contributed by atoms with Crippen molar-refractivity contribution in [3.05, 3.63) is 0 Å². The van der Waals surface area contributed by atoms with E-state index in [2.05, 4.69) is 56.2 Å². The Bertz CT molecular complexity index is 672. The highest BCUT2D eigenvalue weighted by Crippen LogP contribution is 2.19. The molecule has 0 saturated carbocycles. The summed E-state index contributed by atoms with van der Waals surface area (Å²) in [6, 6.07) is 0. The van der Waals surface area contributed by atoms with Gasteiger partial charge >= 0.3 is 0 Å². The molecule has 3 heterocycles. The maximum Gasteiger partial charge on any atom is 0.246 e. The summed E-state index contributed by atoms with van der Waals surface area (Å²) >= 11 is 0. The molecule has 0 aromatic heterocycles. The lowest BCUT2D eigenvalue weighted by molar-refractivity contribution is 0.452. The van der Waals surface area contributed by atoms with Crippen molar-refractivity contribution in [1.82, 2.24) is 19.6 Å². The minimum Gasteiger partial charge on any atom is -0.341 e. The van der Waals surface area contributed by atoms with Gasteiger partial charge in [-0.2, -0.15) is 30.0 Å². The minimum atomic E-state index is 0.518. The van der Waals surface area contributed by atoms with E-state index in [1.165, 1.54) is 0 Å². The Balaban J connectivity index is 2.14. The molecule has 0 fully saturated rings. The van der Waals surface area contributed by atoms with Crippen LogP contribution in [0.1, 0.15) is 41.5 Å². The second kappa shape index (κ2) is 8.49. The van der Waals surface area contributed by atoms with Gasteiger partial charge in [-0.15, -0.1) is 0 Å². The van der Waals surface area contributed by atoms with E-state index in [0.29, 0.717) is 35.8 Å². The number of nitrogens with zero attached hydrogens (tertiary/aromatic N) is 10. The molecular weight excluding hydrogens is 356 g/mol. The first kappa shape index (κ1) is 20.0. The number of hydrogen-bond acceptors (Lipinski definition) is 10. The molecule has 3 aliphatic rings. The molecule has 10 heteroatoms. The van der Waals surface area contributed by atoms with Crippen molar-refractivity contribution in [3.63, 3.8) is 0 Å². The van der Waals surface area contributed by atoms with Crippen LogP contribution < -0.4 is 0 Å². The van der Waals surface area contributed by atoms with Gasteiger partial charge in [-0.1, -0.05) is 0 Å². The van der Waals surface area contributed by atoms with Gasteiger partial charge in [0.1, 0.15) is 0 Å². The lowest BCUT2D eigenvalue weighted by Gasteiger charge is -2.35. The van der Waals surface area contributed by atoms with E-state index in [1.54, 1.807) is 4.90 Å². The third-order valence-corrected chi connectivity index (χ3v) is 4.94. The number of hydrogen-bond donors (Lipinski definition) is 0. The van der Waals surface area contributed by atoms with E-state index in [9.17, 15) is 0 Å². The average Bonchev–Trinajstić information content (AvgIpc) is 2.70. The first-order valence-corrected chi connectivity index (χ1v) is 10.2. The fourth-order valence-corrected chi connectivity index (χ4v) is 3.20. The highest BCUT2D eigenvalue weighted by Gasteiger charge is 2.37. The fourth-order valence-electron chi connectivity index (χ4n) is 3.20. The largest absolute Gasteiger partial charge is 0.341 e. The molecule has 3 rings (SSSR count). The summed E-state index contributed by atoms with van der Waals surface area (Å²) in [6.45, 7) is 17.4. The number of aliphatic imine (C=N–C) groups is 6. The van der Waals surface area contributed by atoms with E-state index >= 15 is 0 Å². The molecule has 0 radical (unpaired) electrons. The standard InChI is InChI=1S/C18H30N10/c1-7-25(8-2)13-19-16-21-14(26(9-3)10-4)23-18-24-15(27(11-5)12-6)22-17(20-13)28(16)18/h7-12H2,1-6H3. The molecule has 0 unspecified atom stereocenters. The van der Waals surface area contributed by atoms with E-state index in [-0.39, 0.29) is 0 Å². The zero-order valence-corrected chi connectivity index (χ0v) is 17.7. The third-order valence-electron chi connectivity index (χ3n) is 4.94. The normalized spacial score (nSPS) is 17.6. The zero-order valence-electron chi connectivity index (χ0n) is 17.7. The van der Waals surface area contributed by atoms with Crippen molar-refractivity contribution >= 4 is 35.8 Å². The Hall–Kier alpha value is -2.78. The summed E-state index contributed by atoms with van der Waals surface area (Å²) < 4.78 is 0. The first-order valence-electron chi connectivity index (χ1n) is 10.2. The Morgan fingerprint density at radius 1 is 0.464 bits per heavy atom. The Kier molecular flexibility index (Phi) is 6.05. The fraction of sp³-hybridized carbons (Fsp3) is 0.667. The molecule has 0 aliphatic carbocycles. The van der Waals surface area contributed by atoms with E-state index in [1.807, 2.05) is 0 Å². The van der Waals surface area contributed by atoms with Crippen molar-refractivity contribution in [2.75, 3.05) is 39.3 Å². The van der Waals surface area contributed by atoms with Crippen molar-refractivity contribution in [1.29, 1.82) is 0 Å².